The Bertz CT molecular complexity index is 999. The second kappa shape index (κ2) is 9.77. The molecule has 7 atom stereocenters. The van der Waals surface area contributed by atoms with Crippen LogP contribution in [-0.2, 0) is 28.7 Å². The number of nitrogens with one attached hydrogen (secondary N) is 1. The highest BCUT2D eigenvalue weighted by Crippen LogP contribution is 2.60. The van der Waals surface area contributed by atoms with E-state index in [1.165, 1.54) is 31.2 Å². The van der Waals surface area contributed by atoms with Gasteiger partial charge in [-0.25, -0.2) is 9.59 Å². The third-order valence-electron chi connectivity index (χ3n) is 6.77. The molecule has 3 amide bonds. The van der Waals surface area contributed by atoms with Crippen molar-refractivity contribution in [3.63, 3.8) is 0 Å². The summed E-state index contributed by atoms with van der Waals surface area (Å²) < 4.78 is 9.99. The number of benzene rings is 1. The molecule has 1 aromatic rings. The summed E-state index contributed by atoms with van der Waals surface area (Å²) in [6.45, 7) is 2.82. The van der Waals surface area contributed by atoms with Crippen molar-refractivity contribution in [2.75, 3.05) is 18.5 Å². The van der Waals surface area contributed by atoms with Gasteiger partial charge in [0.15, 0.2) is 6.61 Å². The second-order valence-corrected chi connectivity index (χ2v) is 10.8. The molecule has 3 aliphatic rings. The molecule has 182 valence electrons. The minimum atomic E-state index is -1.12. The maximum Gasteiger partial charge on any atom is 0.338 e. The Labute approximate surface area is 213 Å². The number of esters is 2. The monoisotopic (exact) mass is 598 g/mol. The van der Waals surface area contributed by atoms with Crippen LogP contribution in [0.4, 0.5) is 5.69 Å². The molecule has 0 unspecified atom stereocenters. The topological polar surface area (TPSA) is 119 Å². The number of carbonyl (C=O) groups excluding carboxylic acids is 5. The summed E-state index contributed by atoms with van der Waals surface area (Å²) in [5.74, 6) is -3.34. The number of nitrogens with zero attached hydrogens (tertiary/aromatic N) is 1. The van der Waals surface area contributed by atoms with Crippen molar-refractivity contribution in [1.29, 1.82) is 0 Å². The lowest BCUT2D eigenvalue weighted by Gasteiger charge is -2.28. The SMILES string of the molecule is CCOC(=O)c1ccc(NC(=O)COC(=O)[C@H](C)N2C(=O)[C@@H]3[C@H]4C[C@@H]([C@H](Br)[C@H]4Br)[C@@H]3C2=O)cc1. The van der Waals surface area contributed by atoms with Gasteiger partial charge >= 0.3 is 11.9 Å². The van der Waals surface area contributed by atoms with Crippen molar-refractivity contribution in [3.05, 3.63) is 29.8 Å². The number of carbonyl (C=O) groups is 5. The van der Waals surface area contributed by atoms with E-state index in [0.29, 0.717) is 11.3 Å². The molecular weight excluding hydrogens is 576 g/mol. The lowest BCUT2D eigenvalue weighted by atomic mass is 9.81. The van der Waals surface area contributed by atoms with Crippen LogP contribution in [0.3, 0.4) is 0 Å². The first-order chi connectivity index (χ1) is 16.1. The third kappa shape index (κ3) is 4.28. The molecule has 1 aromatic carbocycles. The third-order valence-corrected chi connectivity index (χ3v) is 9.98. The largest absolute Gasteiger partial charge is 0.462 e. The lowest BCUT2D eigenvalue weighted by molar-refractivity contribution is -0.159. The fourth-order valence-corrected chi connectivity index (χ4v) is 7.09. The number of imide groups is 1. The molecule has 4 rings (SSSR count). The van der Waals surface area contributed by atoms with Crippen molar-refractivity contribution in [2.45, 2.75) is 36.0 Å². The highest BCUT2D eigenvalue weighted by atomic mass is 79.9. The van der Waals surface area contributed by atoms with E-state index in [9.17, 15) is 24.0 Å². The highest BCUT2D eigenvalue weighted by molar-refractivity contribution is 9.12. The molecule has 2 saturated carbocycles. The van der Waals surface area contributed by atoms with Gasteiger partial charge in [0.2, 0.25) is 11.8 Å². The van der Waals surface area contributed by atoms with Crippen LogP contribution in [-0.4, -0.2) is 63.5 Å². The smallest absolute Gasteiger partial charge is 0.338 e. The van der Waals surface area contributed by atoms with Gasteiger partial charge in [0.25, 0.3) is 5.91 Å². The molecule has 1 aliphatic heterocycles. The van der Waals surface area contributed by atoms with Gasteiger partial charge < -0.3 is 14.8 Å². The molecule has 1 N–H and O–H groups in total. The number of hydrogen-bond donors (Lipinski definition) is 1. The number of ether oxygens (including phenoxy) is 2. The quantitative estimate of drug-likeness (QED) is 0.290. The van der Waals surface area contributed by atoms with Gasteiger partial charge in [-0.2, -0.15) is 0 Å². The van der Waals surface area contributed by atoms with Crippen LogP contribution >= 0.6 is 31.9 Å². The van der Waals surface area contributed by atoms with Gasteiger partial charge in [0, 0.05) is 15.3 Å². The van der Waals surface area contributed by atoms with Crippen LogP contribution in [0.25, 0.3) is 0 Å². The van der Waals surface area contributed by atoms with E-state index in [-0.39, 0.29) is 39.9 Å². The second-order valence-electron chi connectivity index (χ2n) is 8.68. The minimum Gasteiger partial charge on any atom is -0.462 e. The molecule has 11 heteroatoms. The molecule has 1 saturated heterocycles. The van der Waals surface area contributed by atoms with Crippen LogP contribution in [0.15, 0.2) is 24.3 Å². The van der Waals surface area contributed by atoms with Gasteiger partial charge in [-0.1, -0.05) is 31.9 Å². The van der Waals surface area contributed by atoms with Gasteiger partial charge in [0.1, 0.15) is 6.04 Å². The fraction of sp³-hybridized carbons (Fsp3) is 0.522. The van der Waals surface area contributed by atoms with E-state index >= 15 is 0 Å². The van der Waals surface area contributed by atoms with Crippen molar-refractivity contribution in [2.24, 2.45) is 23.7 Å². The first-order valence-corrected chi connectivity index (χ1v) is 12.9. The Hall–Kier alpha value is -2.27. The molecule has 0 spiro atoms. The molecule has 2 bridgehead atoms. The Morgan fingerprint density at radius 2 is 1.59 bits per heavy atom. The summed E-state index contributed by atoms with van der Waals surface area (Å²) in [5, 5.41) is 2.56. The number of amides is 3. The van der Waals surface area contributed by atoms with Gasteiger partial charge in [0.05, 0.1) is 24.0 Å². The predicted octanol–water partition coefficient (Wildman–Crippen LogP) is 2.51. The van der Waals surface area contributed by atoms with Gasteiger partial charge in [-0.15, -0.1) is 0 Å². The Kier molecular flexibility index (Phi) is 7.14. The number of alkyl halides is 2. The van der Waals surface area contributed by atoms with E-state index in [0.717, 1.165) is 11.3 Å². The van der Waals surface area contributed by atoms with Gasteiger partial charge in [-0.05, 0) is 56.4 Å². The van der Waals surface area contributed by atoms with E-state index < -0.39 is 42.3 Å². The summed E-state index contributed by atoms with van der Waals surface area (Å²) in [6.07, 6.45) is 0.798. The average molecular weight is 600 g/mol. The molecule has 0 radical (unpaired) electrons. The zero-order valence-corrected chi connectivity index (χ0v) is 21.7. The summed E-state index contributed by atoms with van der Waals surface area (Å²) in [4.78, 5) is 63.7. The molecule has 1 heterocycles. The molecule has 2 aliphatic carbocycles. The first-order valence-electron chi connectivity index (χ1n) is 11.0. The summed E-state index contributed by atoms with van der Waals surface area (Å²) in [6, 6.07) is 4.94. The Balaban J connectivity index is 1.31. The molecule has 3 fully saturated rings. The lowest BCUT2D eigenvalue weighted by Crippen LogP contribution is -2.45. The van der Waals surface area contributed by atoms with Crippen molar-refractivity contribution < 1.29 is 33.4 Å². The molecule has 9 nitrogen and oxygen atoms in total. The van der Waals surface area contributed by atoms with Crippen LogP contribution in [0.1, 0.15) is 30.6 Å². The van der Waals surface area contributed by atoms with Crippen LogP contribution in [0.5, 0.6) is 0 Å². The fourth-order valence-electron chi connectivity index (χ4n) is 5.22. The first kappa shape index (κ1) is 24.8. The number of hydrogen-bond acceptors (Lipinski definition) is 7. The maximum absolute atomic E-state index is 13.0. The average Bonchev–Trinajstić information content (AvgIpc) is 3.42. The van der Waals surface area contributed by atoms with E-state index in [1.807, 2.05) is 0 Å². The maximum atomic E-state index is 13.0. The highest BCUT2D eigenvalue weighted by Gasteiger charge is 2.67. The van der Waals surface area contributed by atoms with Crippen LogP contribution in [0.2, 0.25) is 0 Å². The number of halogens is 2. The van der Waals surface area contributed by atoms with Crippen molar-refractivity contribution >= 4 is 67.2 Å². The van der Waals surface area contributed by atoms with Crippen molar-refractivity contribution in [1.82, 2.24) is 4.90 Å². The number of anilines is 1. The molecule has 34 heavy (non-hydrogen) atoms. The van der Waals surface area contributed by atoms with E-state index in [2.05, 4.69) is 37.2 Å². The number of fused-ring (bicyclic) bond motifs is 5. The number of rotatable bonds is 7. The minimum absolute atomic E-state index is 0.0463. The molecule has 0 aromatic heterocycles. The van der Waals surface area contributed by atoms with Crippen LogP contribution in [0, 0.1) is 23.7 Å². The van der Waals surface area contributed by atoms with E-state index in [1.54, 1.807) is 6.92 Å². The Morgan fingerprint density at radius 3 is 2.12 bits per heavy atom. The predicted molar refractivity (Wildman–Crippen MR) is 127 cm³/mol. The standard InChI is InChI=1S/C23H24Br2N2O7/c1-3-33-23(32)11-4-6-12(7-5-11)26-15(28)9-34-22(31)10(2)27-20(29)16-13-8-14(17(16)21(27)30)19(25)18(13)24/h4-7,10,13-14,16-19H,3,8-9H2,1-2H3,(H,26,28)/t10-,13+,14+,16-,17+,18-,19-/m0/s1. The van der Waals surface area contributed by atoms with Crippen molar-refractivity contribution in [3.8, 4) is 0 Å². The zero-order chi connectivity index (χ0) is 24.7. The molecular formula is C23H24Br2N2O7. The van der Waals surface area contributed by atoms with Crippen LogP contribution < -0.4 is 5.32 Å². The van der Waals surface area contributed by atoms with E-state index in [4.69, 9.17) is 9.47 Å². The normalized spacial score (nSPS) is 30.2. The summed E-state index contributed by atoms with van der Waals surface area (Å²) in [7, 11) is 0. The van der Waals surface area contributed by atoms with Gasteiger partial charge in [-0.3, -0.25) is 19.3 Å². The Morgan fingerprint density at radius 1 is 1.03 bits per heavy atom. The zero-order valence-electron chi connectivity index (χ0n) is 18.5. The summed E-state index contributed by atoms with van der Waals surface area (Å²) >= 11 is 7.26. The summed E-state index contributed by atoms with van der Waals surface area (Å²) in [5.41, 5.74) is 0.750. The number of likely N-dealkylation sites (tertiary alicyclic amines) is 1.